The number of esters is 3. The largest absolute Gasteiger partial charge is 0.462 e. The average molecular weight is 889 g/mol. The first-order valence-electron chi connectivity index (χ1n) is 26.3. The van der Waals surface area contributed by atoms with Gasteiger partial charge in [-0.2, -0.15) is 0 Å². The Morgan fingerprint density at radius 1 is 0.344 bits per heavy atom. The lowest BCUT2D eigenvalue weighted by Gasteiger charge is -2.18. The monoisotopic (exact) mass is 889 g/mol. The van der Waals surface area contributed by atoms with E-state index in [1.54, 1.807) is 0 Å². The highest BCUT2D eigenvalue weighted by Crippen LogP contribution is 2.14. The van der Waals surface area contributed by atoms with Crippen molar-refractivity contribution in [1.82, 2.24) is 0 Å². The molecule has 0 fully saturated rings. The molecule has 0 saturated heterocycles. The highest BCUT2D eigenvalue weighted by atomic mass is 16.6. The van der Waals surface area contributed by atoms with Crippen LogP contribution in [0.3, 0.4) is 0 Å². The molecular weight excluding hydrogens is 793 g/mol. The first-order valence-corrected chi connectivity index (χ1v) is 26.3. The Balaban J connectivity index is 4.43. The molecule has 0 rings (SSSR count). The maximum absolute atomic E-state index is 12.8. The Morgan fingerprint density at radius 3 is 1.11 bits per heavy atom. The zero-order chi connectivity index (χ0) is 46.5. The van der Waals surface area contributed by atoms with Crippen LogP contribution in [-0.2, 0) is 28.6 Å². The molecule has 0 amide bonds. The third kappa shape index (κ3) is 49.3. The maximum atomic E-state index is 12.8. The van der Waals surface area contributed by atoms with Crippen LogP contribution in [0.25, 0.3) is 0 Å². The Kier molecular flexibility index (Phi) is 49.0. The van der Waals surface area contributed by atoms with Crippen molar-refractivity contribution in [1.29, 1.82) is 0 Å². The van der Waals surface area contributed by atoms with Crippen LogP contribution in [0.4, 0.5) is 0 Å². The van der Waals surface area contributed by atoms with E-state index in [9.17, 15) is 14.4 Å². The molecule has 64 heavy (non-hydrogen) atoms. The lowest BCUT2D eigenvalue weighted by atomic mass is 10.1. The van der Waals surface area contributed by atoms with E-state index in [4.69, 9.17) is 14.2 Å². The van der Waals surface area contributed by atoms with Crippen LogP contribution in [-0.4, -0.2) is 37.2 Å². The number of hydrogen-bond acceptors (Lipinski definition) is 6. The van der Waals surface area contributed by atoms with E-state index < -0.39 is 6.10 Å². The molecule has 0 aliphatic carbocycles. The molecule has 0 aromatic heterocycles. The lowest BCUT2D eigenvalue weighted by Crippen LogP contribution is -2.30. The Morgan fingerprint density at radius 2 is 0.672 bits per heavy atom. The van der Waals surface area contributed by atoms with E-state index in [-0.39, 0.29) is 37.5 Å². The van der Waals surface area contributed by atoms with E-state index in [1.165, 1.54) is 89.9 Å². The van der Waals surface area contributed by atoms with Gasteiger partial charge in [0.05, 0.1) is 0 Å². The molecule has 6 heteroatoms. The molecule has 0 aliphatic rings. The van der Waals surface area contributed by atoms with Crippen LogP contribution in [0.15, 0.2) is 97.2 Å². The normalized spacial score (nSPS) is 12.9. The molecule has 0 heterocycles. The fraction of sp³-hybridized carbons (Fsp3) is 0.672. The predicted molar refractivity (Wildman–Crippen MR) is 274 cm³/mol. The summed E-state index contributed by atoms with van der Waals surface area (Å²) in [5.74, 6) is -0.969. The molecule has 0 saturated carbocycles. The summed E-state index contributed by atoms with van der Waals surface area (Å²) in [6.07, 6.45) is 68.2. The van der Waals surface area contributed by atoms with E-state index in [0.717, 1.165) is 103 Å². The van der Waals surface area contributed by atoms with Crippen molar-refractivity contribution in [3.8, 4) is 0 Å². The second-order valence-corrected chi connectivity index (χ2v) is 17.1. The molecule has 1 unspecified atom stereocenters. The number of hydrogen-bond donors (Lipinski definition) is 0. The first-order chi connectivity index (χ1) is 31.5. The van der Waals surface area contributed by atoms with Crippen LogP contribution in [0, 0.1) is 0 Å². The van der Waals surface area contributed by atoms with Gasteiger partial charge in [0.15, 0.2) is 6.10 Å². The SMILES string of the molecule is CC/C=C\C/C=C\C/C=C\C/C=C\CCCCCC(=O)OC(COC(=O)CCCCC/C=C\C=C/CCCC)COC(=O)CCCCCCCCCCCC/C=C\C=C/CCCCC. The molecular formula is C58H96O6. The molecule has 0 aromatic carbocycles. The minimum atomic E-state index is -0.806. The maximum Gasteiger partial charge on any atom is 0.306 e. The molecule has 0 aromatic rings. The standard InChI is InChI=1S/C58H96O6/c1-4-7-10-13-16-19-22-24-26-28-29-30-32-33-36-39-42-45-48-51-57(60)63-54-55(53-62-56(59)50-47-44-41-38-35-21-18-15-12-9-6-3)64-58(61)52-49-46-43-40-37-34-31-27-25-23-20-17-14-11-8-5-2/h8,11,15-22,24-25,27,34-35,37,55H,4-7,9-10,12-14,23,26,28-33,36,38-54H2,1-3H3/b11-8-,18-15-,19-16-,20-17-,24-22-,27-25-,35-21-,37-34-. The van der Waals surface area contributed by atoms with Crippen molar-refractivity contribution >= 4 is 17.9 Å². The van der Waals surface area contributed by atoms with Gasteiger partial charge in [0.2, 0.25) is 0 Å². The predicted octanol–water partition coefficient (Wildman–Crippen LogP) is 17.4. The molecule has 1 atom stereocenters. The highest BCUT2D eigenvalue weighted by molar-refractivity contribution is 5.71. The second-order valence-electron chi connectivity index (χ2n) is 17.1. The van der Waals surface area contributed by atoms with Gasteiger partial charge >= 0.3 is 17.9 Å². The van der Waals surface area contributed by atoms with Gasteiger partial charge in [-0.05, 0) is 103 Å². The molecule has 0 N–H and O–H groups in total. The molecule has 0 spiro atoms. The van der Waals surface area contributed by atoms with Gasteiger partial charge in [-0.25, -0.2) is 0 Å². The number of allylic oxidation sites excluding steroid dienone is 16. The summed E-state index contributed by atoms with van der Waals surface area (Å²) in [6.45, 7) is 6.38. The molecule has 0 aliphatic heterocycles. The van der Waals surface area contributed by atoms with Crippen molar-refractivity contribution < 1.29 is 28.6 Å². The fourth-order valence-electron chi connectivity index (χ4n) is 6.87. The van der Waals surface area contributed by atoms with Gasteiger partial charge in [0.25, 0.3) is 0 Å². The Labute approximate surface area is 394 Å². The van der Waals surface area contributed by atoms with Crippen LogP contribution < -0.4 is 0 Å². The van der Waals surface area contributed by atoms with E-state index in [2.05, 4.69) is 118 Å². The smallest absolute Gasteiger partial charge is 0.306 e. The van der Waals surface area contributed by atoms with Gasteiger partial charge < -0.3 is 14.2 Å². The number of carbonyl (C=O) groups is 3. The zero-order valence-electron chi connectivity index (χ0n) is 41.5. The van der Waals surface area contributed by atoms with Crippen molar-refractivity contribution in [2.45, 2.75) is 239 Å². The number of unbranched alkanes of at least 4 members (excludes halogenated alkanes) is 21. The van der Waals surface area contributed by atoms with Crippen LogP contribution in [0.1, 0.15) is 233 Å². The third-order valence-corrected chi connectivity index (χ3v) is 10.8. The Hall–Kier alpha value is -3.67. The van der Waals surface area contributed by atoms with E-state index in [1.807, 2.05) is 0 Å². The average Bonchev–Trinajstić information content (AvgIpc) is 3.29. The first kappa shape index (κ1) is 60.3. The van der Waals surface area contributed by atoms with Crippen molar-refractivity contribution in [2.75, 3.05) is 13.2 Å². The quantitative estimate of drug-likeness (QED) is 0.0199. The minimum Gasteiger partial charge on any atom is -0.462 e. The van der Waals surface area contributed by atoms with Crippen molar-refractivity contribution in [2.24, 2.45) is 0 Å². The van der Waals surface area contributed by atoms with Gasteiger partial charge in [0.1, 0.15) is 13.2 Å². The van der Waals surface area contributed by atoms with E-state index in [0.29, 0.717) is 12.8 Å². The summed E-state index contributed by atoms with van der Waals surface area (Å²) in [7, 11) is 0. The summed E-state index contributed by atoms with van der Waals surface area (Å²) in [5.41, 5.74) is 0. The van der Waals surface area contributed by atoms with Crippen LogP contribution >= 0.6 is 0 Å². The second kappa shape index (κ2) is 52.0. The summed E-state index contributed by atoms with van der Waals surface area (Å²) in [5, 5.41) is 0. The number of carbonyl (C=O) groups excluding carboxylic acids is 3. The van der Waals surface area contributed by atoms with Crippen molar-refractivity contribution in [3.63, 3.8) is 0 Å². The fourth-order valence-corrected chi connectivity index (χ4v) is 6.87. The van der Waals surface area contributed by atoms with Gasteiger partial charge in [-0.1, -0.05) is 208 Å². The number of ether oxygens (including phenoxy) is 3. The topological polar surface area (TPSA) is 78.9 Å². The Bertz CT molecular complexity index is 1300. The molecule has 364 valence electrons. The lowest BCUT2D eigenvalue weighted by molar-refractivity contribution is -0.167. The molecule has 0 radical (unpaired) electrons. The number of rotatable bonds is 46. The summed E-state index contributed by atoms with van der Waals surface area (Å²) in [6, 6.07) is 0. The molecule has 6 nitrogen and oxygen atoms in total. The summed E-state index contributed by atoms with van der Waals surface area (Å²) in [4.78, 5) is 38.0. The van der Waals surface area contributed by atoms with Crippen molar-refractivity contribution in [3.05, 3.63) is 97.2 Å². The van der Waals surface area contributed by atoms with Crippen LogP contribution in [0.2, 0.25) is 0 Å². The highest BCUT2D eigenvalue weighted by Gasteiger charge is 2.19. The van der Waals surface area contributed by atoms with Gasteiger partial charge in [-0.3, -0.25) is 14.4 Å². The van der Waals surface area contributed by atoms with Gasteiger partial charge in [-0.15, -0.1) is 0 Å². The molecule has 0 bridgehead atoms. The zero-order valence-corrected chi connectivity index (χ0v) is 41.5. The van der Waals surface area contributed by atoms with Crippen LogP contribution in [0.5, 0.6) is 0 Å². The third-order valence-electron chi connectivity index (χ3n) is 10.8. The minimum absolute atomic E-state index is 0.102. The van der Waals surface area contributed by atoms with Gasteiger partial charge in [0, 0.05) is 19.3 Å². The van der Waals surface area contributed by atoms with E-state index >= 15 is 0 Å². The summed E-state index contributed by atoms with van der Waals surface area (Å²) >= 11 is 0. The summed E-state index contributed by atoms with van der Waals surface area (Å²) < 4.78 is 16.7.